The lowest BCUT2D eigenvalue weighted by Gasteiger charge is -2.39. The highest BCUT2D eigenvalue weighted by Gasteiger charge is 2.31. The van der Waals surface area contributed by atoms with Crippen molar-refractivity contribution in [2.24, 2.45) is 0 Å². The van der Waals surface area contributed by atoms with Crippen molar-refractivity contribution in [1.82, 2.24) is 14.4 Å². The first-order chi connectivity index (χ1) is 18.7. The summed E-state index contributed by atoms with van der Waals surface area (Å²) in [5, 5.41) is 1.04. The summed E-state index contributed by atoms with van der Waals surface area (Å²) in [5.74, 6) is 1.45. The first-order valence-corrected chi connectivity index (χ1v) is 14.4. The van der Waals surface area contributed by atoms with Crippen LogP contribution in [0.3, 0.4) is 0 Å². The van der Waals surface area contributed by atoms with Crippen LogP contribution in [0.5, 0.6) is 11.5 Å². The Morgan fingerprint density at radius 3 is 2.49 bits per heavy atom. The monoisotopic (exact) mass is 597 g/mol. The number of hydrogen-bond acceptors (Lipinski definition) is 6. The van der Waals surface area contributed by atoms with Crippen molar-refractivity contribution in [3.8, 4) is 11.5 Å². The molecule has 9 heteroatoms. The number of likely N-dealkylation sites (tertiary alicyclic amines) is 1. The largest absolute Gasteiger partial charge is 0.486 e. The number of ether oxygens (including phenoxy) is 3. The number of hydrogen-bond donors (Lipinski definition) is 0. The van der Waals surface area contributed by atoms with Crippen LogP contribution in [0.25, 0.3) is 10.9 Å². The zero-order valence-corrected chi connectivity index (χ0v) is 24.4. The normalized spacial score (nSPS) is 16.3. The van der Waals surface area contributed by atoms with Crippen molar-refractivity contribution >= 4 is 32.9 Å². The molecule has 2 aliphatic rings. The fraction of sp³-hybridized carbons (Fsp3) is 0.467. The van der Waals surface area contributed by atoms with E-state index in [9.17, 15) is 9.59 Å². The minimum absolute atomic E-state index is 0.0147. The van der Waals surface area contributed by atoms with Crippen LogP contribution in [-0.2, 0) is 17.8 Å². The topological polar surface area (TPSA) is 73.2 Å². The summed E-state index contributed by atoms with van der Waals surface area (Å²) in [4.78, 5) is 30.4. The van der Waals surface area contributed by atoms with Gasteiger partial charge >= 0.3 is 6.09 Å². The molecule has 5 rings (SSSR count). The summed E-state index contributed by atoms with van der Waals surface area (Å²) in [6.07, 6.45) is 1.36. The van der Waals surface area contributed by atoms with Gasteiger partial charge in [0.15, 0.2) is 11.5 Å². The number of halogens is 1. The zero-order valence-electron chi connectivity index (χ0n) is 22.8. The Balaban J connectivity index is 1.26. The average Bonchev–Trinajstić information content (AvgIpc) is 2.91. The highest BCUT2D eigenvalue weighted by atomic mass is 79.9. The molecule has 0 N–H and O–H groups in total. The van der Waals surface area contributed by atoms with E-state index >= 15 is 0 Å². The molecular formula is C30H36BrN3O5. The maximum atomic E-state index is 13.3. The fourth-order valence-corrected chi connectivity index (χ4v) is 5.72. The zero-order chi connectivity index (χ0) is 27.6. The van der Waals surface area contributed by atoms with Crippen molar-refractivity contribution in [1.29, 1.82) is 0 Å². The van der Waals surface area contributed by atoms with Gasteiger partial charge in [0.1, 0.15) is 18.8 Å². The molecule has 3 aromatic rings. The summed E-state index contributed by atoms with van der Waals surface area (Å²) in [7, 11) is 0. The summed E-state index contributed by atoms with van der Waals surface area (Å²) in [5.41, 5.74) is 1.33. The maximum Gasteiger partial charge on any atom is 0.410 e. The van der Waals surface area contributed by atoms with Crippen LogP contribution in [0, 0.1) is 0 Å². The molecule has 2 aliphatic heterocycles. The second kappa shape index (κ2) is 11.6. The van der Waals surface area contributed by atoms with Crippen molar-refractivity contribution in [2.45, 2.75) is 58.3 Å². The molecule has 8 nitrogen and oxygen atoms in total. The Morgan fingerprint density at radius 1 is 1.03 bits per heavy atom. The van der Waals surface area contributed by atoms with Crippen LogP contribution in [0.1, 0.15) is 39.2 Å². The van der Waals surface area contributed by atoms with E-state index in [2.05, 4.69) is 20.8 Å². The fourth-order valence-electron chi connectivity index (χ4n) is 5.26. The summed E-state index contributed by atoms with van der Waals surface area (Å²) in [6.45, 7) is 10.2. The minimum Gasteiger partial charge on any atom is -0.486 e. The number of benzene rings is 2. The highest BCUT2D eigenvalue weighted by molar-refractivity contribution is 9.10. The molecule has 208 valence electrons. The number of fused-ring (bicyclic) bond motifs is 2. The molecule has 1 aromatic heterocycles. The molecular weight excluding hydrogens is 562 g/mol. The van der Waals surface area contributed by atoms with Gasteiger partial charge in [-0.25, -0.2) is 4.79 Å². The second-order valence-electron chi connectivity index (χ2n) is 11.2. The van der Waals surface area contributed by atoms with Gasteiger partial charge in [-0.2, -0.15) is 0 Å². The van der Waals surface area contributed by atoms with Gasteiger partial charge in [-0.15, -0.1) is 0 Å². The molecule has 0 radical (unpaired) electrons. The number of piperidine rings is 1. The highest BCUT2D eigenvalue weighted by Crippen LogP contribution is 2.32. The number of pyridine rings is 1. The molecule has 0 unspecified atom stereocenters. The van der Waals surface area contributed by atoms with Crippen LogP contribution in [0.2, 0.25) is 0 Å². The summed E-state index contributed by atoms with van der Waals surface area (Å²) >= 11 is 3.43. The number of carbonyl (C=O) groups excluding carboxylic acids is 1. The van der Waals surface area contributed by atoms with E-state index in [-0.39, 0.29) is 17.7 Å². The Bertz CT molecular complexity index is 1390. The van der Waals surface area contributed by atoms with Crippen LogP contribution in [0.15, 0.2) is 57.8 Å². The van der Waals surface area contributed by atoms with Gasteiger partial charge in [-0.3, -0.25) is 4.79 Å². The van der Waals surface area contributed by atoms with Gasteiger partial charge in [-0.1, -0.05) is 24.3 Å². The minimum atomic E-state index is -0.581. The Labute approximate surface area is 237 Å². The van der Waals surface area contributed by atoms with Crippen molar-refractivity contribution in [2.75, 3.05) is 32.8 Å². The third-order valence-corrected chi connectivity index (χ3v) is 7.75. The molecule has 2 aromatic carbocycles. The van der Waals surface area contributed by atoms with Gasteiger partial charge in [0.05, 0.1) is 9.99 Å². The quantitative estimate of drug-likeness (QED) is 0.377. The predicted molar refractivity (Wildman–Crippen MR) is 155 cm³/mol. The molecule has 1 saturated heterocycles. The lowest BCUT2D eigenvalue weighted by Crippen LogP contribution is -2.49. The van der Waals surface area contributed by atoms with Crippen LogP contribution in [-0.4, -0.2) is 65.0 Å². The Kier molecular flexibility index (Phi) is 8.19. The summed E-state index contributed by atoms with van der Waals surface area (Å²) < 4.78 is 19.7. The van der Waals surface area contributed by atoms with E-state index in [0.29, 0.717) is 36.5 Å². The van der Waals surface area contributed by atoms with E-state index < -0.39 is 5.60 Å². The first-order valence-electron chi connectivity index (χ1n) is 13.6. The molecule has 0 aliphatic carbocycles. The maximum absolute atomic E-state index is 13.3. The van der Waals surface area contributed by atoms with Gasteiger partial charge in [0.25, 0.3) is 5.56 Å². The number of para-hydroxylation sites is 1. The van der Waals surface area contributed by atoms with Gasteiger partial charge in [0.2, 0.25) is 0 Å². The lowest BCUT2D eigenvalue weighted by atomic mass is 10.0. The lowest BCUT2D eigenvalue weighted by molar-refractivity contribution is 0.00562. The molecule has 39 heavy (non-hydrogen) atoms. The third kappa shape index (κ3) is 6.58. The number of nitrogens with zero attached hydrogens (tertiary/aromatic N) is 3. The molecule has 3 heterocycles. The van der Waals surface area contributed by atoms with Crippen molar-refractivity contribution in [3.63, 3.8) is 0 Å². The third-order valence-electron chi connectivity index (χ3n) is 7.18. The summed E-state index contributed by atoms with van der Waals surface area (Å²) in [6, 6.07) is 15.8. The van der Waals surface area contributed by atoms with Gasteiger partial charge < -0.3 is 28.6 Å². The first kappa shape index (κ1) is 27.5. The molecule has 0 saturated carbocycles. The number of aromatic nitrogens is 1. The number of amides is 1. The number of rotatable bonds is 6. The van der Waals surface area contributed by atoms with Crippen LogP contribution in [0.4, 0.5) is 4.79 Å². The molecule has 0 bridgehead atoms. The Hall–Kier alpha value is -3.04. The van der Waals surface area contributed by atoms with Gasteiger partial charge in [0, 0.05) is 38.8 Å². The van der Waals surface area contributed by atoms with E-state index in [0.717, 1.165) is 54.7 Å². The van der Waals surface area contributed by atoms with Crippen LogP contribution >= 0.6 is 15.9 Å². The SMILES string of the molecule is CC(C)(C)OC(=O)N(Cc1ccc2c(c1)OCCO2)C1CCN(CCn2c(=O)c(Br)cc3ccccc32)CC1. The predicted octanol–water partition coefficient (Wildman–Crippen LogP) is 5.44. The molecule has 1 amide bonds. The van der Waals surface area contributed by atoms with E-state index in [4.69, 9.17) is 14.2 Å². The molecule has 0 atom stereocenters. The van der Waals surface area contributed by atoms with E-state index in [1.54, 1.807) is 0 Å². The Morgan fingerprint density at radius 2 is 1.74 bits per heavy atom. The second-order valence-corrected chi connectivity index (χ2v) is 12.0. The number of carbonyl (C=O) groups is 1. The van der Waals surface area contributed by atoms with Crippen molar-refractivity contribution < 1.29 is 19.0 Å². The van der Waals surface area contributed by atoms with E-state index in [1.165, 1.54) is 0 Å². The van der Waals surface area contributed by atoms with E-state index in [1.807, 2.05) is 78.8 Å². The standard InChI is InChI=1S/C30H36BrN3O5/c1-30(2,3)39-29(36)34(20-21-8-9-26-27(18-21)38-17-16-37-26)23-10-12-32(13-11-23)14-15-33-25-7-5-4-6-22(25)19-24(31)28(33)35/h4-9,18-19,23H,10-17,20H2,1-3H3. The smallest absolute Gasteiger partial charge is 0.410 e. The molecule has 0 spiro atoms. The van der Waals surface area contributed by atoms with Crippen LogP contribution < -0.4 is 15.0 Å². The van der Waals surface area contributed by atoms with Gasteiger partial charge in [-0.05, 0) is 84.8 Å². The van der Waals surface area contributed by atoms with Crippen molar-refractivity contribution in [3.05, 3.63) is 68.9 Å². The molecule has 1 fully saturated rings. The average molecular weight is 599 g/mol.